The molecule has 0 aliphatic heterocycles. The molecular weight excluding hydrogens is 242 g/mol. The molecular formula is C14H23N3O2. The summed E-state index contributed by atoms with van der Waals surface area (Å²) in [5.74, 6) is -0.319. The number of pyridine rings is 1. The Morgan fingerprint density at radius 1 is 1.42 bits per heavy atom. The number of nitrogens with zero attached hydrogens (tertiary/aromatic N) is 1. The first kappa shape index (κ1) is 15.4. The van der Waals surface area contributed by atoms with E-state index < -0.39 is 0 Å². The third kappa shape index (κ3) is 4.52. The fourth-order valence-corrected chi connectivity index (χ4v) is 1.97. The number of hydrogen-bond acceptors (Lipinski definition) is 3. The maximum atomic E-state index is 12.0. The monoisotopic (exact) mass is 265 g/mol. The minimum absolute atomic E-state index is 0.00750. The van der Waals surface area contributed by atoms with Crippen molar-refractivity contribution in [3.8, 4) is 0 Å². The number of amides is 1. The number of aryl methyl sites for hydroxylation is 1. The van der Waals surface area contributed by atoms with Crippen molar-refractivity contribution in [2.75, 3.05) is 19.6 Å². The molecule has 0 radical (unpaired) electrons. The lowest BCUT2D eigenvalue weighted by Gasteiger charge is -2.23. The van der Waals surface area contributed by atoms with Gasteiger partial charge in [0.2, 0.25) is 0 Å². The first-order valence-corrected chi connectivity index (χ1v) is 6.70. The third-order valence-electron chi connectivity index (χ3n) is 3.11. The minimum Gasteiger partial charge on any atom is -0.364 e. The van der Waals surface area contributed by atoms with Gasteiger partial charge in [-0.25, -0.2) is 0 Å². The highest BCUT2D eigenvalue weighted by molar-refractivity contribution is 5.93. The molecule has 106 valence electrons. The Balaban J connectivity index is 2.66. The average Bonchev–Trinajstić information content (AvgIpc) is 2.35. The second kappa shape index (κ2) is 7.09. The van der Waals surface area contributed by atoms with Crippen molar-refractivity contribution in [2.45, 2.75) is 33.7 Å². The molecule has 0 bridgehead atoms. The summed E-state index contributed by atoms with van der Waals surface area (Å²) in [6.45, 7) is 10.6. The molecule has 2 N–H and O–H groups in total. The van der Waals surface area contributed by atoms with Crippen LogP contribution in [0.3, 0.4) is 0 Å². The zero-order valence-corrected chi connectivity index (χ0v) is 12.1. The highest BCUT2D eigenvalue weighted by atomic mass is 16.2. The quantitative estimate of drug-likeness (QED) is 0.810. The number of carbonyl (C=O) groups excluding carboxylic acids is 1. The molecule has 0 saturated carbocycles. The van der Waals surface area contributed by atoms with Crippen molar-refractivity contribution in [1.29, 1.82) is 0 Å². The van der Waals surface area contributed by atoms with Crippen molar-refractivity contribution in [3.05, 3.63) is 33.7 Å². The fourth-order valence-electron chi connectivity index (χ4n) is 1.97. The van der Waals surface area contributed by atoms with Crippen LogP contribution in [-0.4, -0.2) is 41.5 Å². The van der Waals surface area contributed by atoms with Crippen LogP contribution < -0.4 is 10.7 Å². The molecule has 0 aliphatic rings. The Labute approximate surface area is 114 Å². The van der Waals surface area contributed by atoms with Crippen molar-refractivity contribution in [2.24, 2.45) is 0 Å². The van der Waals surface area contributed by atoms with Crippen molar-refractivity contribution < 1.29 is 4.79 Å². The van der Waals surface area contributed by atoms with Crippen LogP contribution in [0.5, 0.6) is 0 Å². The van der Waals surface area contributed by atoms with Gasteiger partial charge in [0.05, 0.1) is 0 Å². The minimum atomic E-state index is -0.319. The normalized spacial score (nSPS) is 12.5. The van der Waals surface area contributed by atoms with Gasteiger partial charge in [0.25, 0.3) is 5.91 Å². The first-order valence-electron chi connectivity index (χ1n) is 6.70. The van der Waals surface area contributed by atoms with Crippen LogP contribution >= 0.6 is 0 Å². The van der Waals surface area contributed by atoms with Crippen LogP contribution in [0, 0.1) is 6.92 Å². The average molecular weight is 265 g/mol. The molecule has 0 aromatic carbocycles. The number of carbonyl (C=O) groups is 1. The summed E-state index contributed by atoms with van der Waals surface area (Å²) in [5, 5.41) is 2.85. The Morgan fingerprint density at radius 3 is 2.58 bits per heavy atom. The molecule has 1 aromatic rings. The lowest BCUT2D eigenvalue weighted by Crippen LogP contribution is -2.43. The third-order valence-corrected chi connectivity index (χ3v) is 3.11. The van der Waals surface area contributed by atoms with Gasteiger partial charge in [-0.05, 0) is 26.9 Å². The van der Waals surface area contributed by atoms with Gasteiger partial charge in [0.15, 0.2) is 5.43 Å². The molecule has 1 aromatic heterocycles. The number of rotatable bonds is 6. The molecule has 1 unspecified atom stereocenters. The molecule has 19 heavy (non-hydrogen) atoms. The van der Waals surface area contributed by atoms with Gasteiger partial charge in [-0.2, -0.15) is 0 Å². The molecule has 5 heteroatoms. The van der Waals surface area contributed by atoms with Crippen molar-refractivity contribution >= 4 is 5.91 Å². The largest absolute Gasteiger partial charge is 0.364 e. The van der Waals surface area contributed by atoms with E-state index in [1.165, 1.54) is 12.3 Å². The summed E-state index contributed by atoms with van der Waals surface area (Å²) in [6, 6.07) is 1.44. The van der Waals surface area contributed by atoms with Gasteiger partial charge in [0.1, 0.15) is 5.56 Å². The number of aromatic amines is 1. The zero-order valence-electron chi connectivity index (χ0n) is 12.1. The zero-order chi connectivity index (χ0) is 14.4. The van der Waals surface area contributed by atoms with Gasteiger partial charge in [-0.3, -0.25) is 9.59 Å². The van der Waals surface area contributed by atoms with Crippen LogP contribution in [0.4, 0.5) is 0 Å². The van der Waals surface area contributed by atoms with E-state index in [4.69, 9.17) is 0 Å². The molecule has 0 aliphatic carbocycles. The Morgan fingerprint density at radius 2 is 2.05 bits per heavy atom. The summed E-state index contributed by atoms with van der Waals surface area (Å²) in [7, 11) is 0. The molecule has 1 atom stereocenters. The molecule has 0 fully saturated rings. The first-order chi connectivity index (χ1) is 8.97. The van der Waals surface area contributed by atoms with E-state index in [0.717, 1.165) is 25.3 Å². The van der Waals surface area contributed by atoms with Gasteiger partial charge < -0.3 is 15.2 Å². The Hall–Kier alpha value is -1.62. The number of hydrogen-bond donors (Lipinski definition) is 2. The van der Waals surface area contributed by atoms with Crippen LogP contribution in [0.15, 0.2) is 17.1 Å². The SMILES string of the molecule is CCN(CC)CC(C)NC(=O)c1c[nH]c(C)cc1=O. The van der Waals surface area contributed by atoms with Gasteiger partial charge in [-0.15, -0.1) is 0 Å². The Kier molecular flexibility index (Phi) is 5.76. The number of likely N-dealkylation sites (N-methyl/N-ethyl adjacent to an activating group) is 1. The lowest BCUT2D eigenvalue weighted by atomic mass is 10.2. The van der Waals surface area contributed by atoms with Gasteiger partial charge >= 0.3 is 0 Å². The van der Waals surface area contributed by atoms with E-state index in [0.29, 0.717) is 0 Å². The fraction of sp³-hybridized carbons (Fsp3) is 0.571. The van der Waals surface area contributed by atoms with E-state index in [-0.39, 0.29) is 22.9 Å². The van der Waals surface area contributed by atoms with Crippen LogP contribution in [0.2, 0.25) is 0 Å². The summed E-state index contributed by atoms with van der Waals surface area (Å²) in [5.41, 5.74) is 0.665. The molecule has 5 nitrogen and oxygen atoms in total. The molecule has 1 heterocycles. The summed E-state index contributed by atoms with van der Waals surface area (Å²) in [4.78, 5) is 28.8. The number of nitrogens with one attached hydrogen (secondary N) is 2. The van der Waals surface area contributed by atoms with E-state index >= 15 is 0 Å². The highest BCUT2D eigenvalue weighted by Gasteiger charge is 2.14. The van der Waals surface area contributed by atoms with Gasteiger partial charge in [-0.1, -0.05) is 13.8 Å². The van der Waals surface area contributed by atoms with E-state index in [2.05, 4.69) is 29.0 Å². The lowest BCUT2D eigenvalue weighted by molar-refractivity contribution is 0.0929. The van der Waals surface area contributed by atoms with Crippen LogP contribution in [0.25, 0.3) is 0 Å². The number of aromatic nitrogens is 1. The van der Waals surface area contributed by atoms with Gasteiger partial charge in [0, 0.05) is 30.5 Å². The maximum Gasteiger partial charge on any atom is 0.256 e. The van der Waals surface area contributed by atoms with Crippen LogP contribution in [-0.2, 0) is 0 Å². The molecule has 0 spiro atoms. The van der Waals surface area contributed by atoms with E-state index in [9.17, 15) is 9.59 Å². The smallest absolute Gasteiger partial charge is 0.256 e. The van der Waals surface area contributed by atoms with Crippen LogP contribution in [0.1, 0.15) is 36.8 Å². The van der Waals surface area contributed by atoms with E-state index in [1.54, 1.807) is 6.92 Å². The van der Waals surface area contributed by atoms with Crippen molar-refractivity contribution in [3.63, 3.8) is 0 Å². The Bertz CT molecular complexity index is 478. The molecule has 0 saturated heterocycles. The summed E-state index contributed by atoms with van der Waals surface area (Å²) in [6.07, 6.45) is 1.47. The summed E-state index contributed by atoms with van der Waals surface area (Å²) >= 11 is 0. The molecule has 1 rings (SSSR count). The second-order valence-electron chi connectivity index (χ2n) is 4.75. The predicted octanol–water partition coefficient (Wildman–Crippen LogP) is 1.14. The maximum absolute atomic E-state index is 12.0. The molecule has 1 amide bonds. The number of H-pyrrole nitrogens is 1. The topological polar surface area (TPSA) is 65.2 Å². The van der Waals surface area contributed by atoms with Crippen molar-refractivity contribution in [1.82, 2.24) is 15.2 Å². The second-order valence-corrected chi connectivity index (χ2v) is 4.75. The highest BCUT2D eigenvalue weighted by Crippen LogP contribution is 1.96. The van der Waals surface area contributed by atoms with E-state index in [1.807, 2.05) is 6.92 Å². The summed E-state index contributed by atoms with van der Waals surface area (Å²) < 4.78 is 0. The standard InChI is InChI=1S/C14H23N3O2/c1-5-17(6-2)9-11(4)16-14(19)12-8-15-10(3)7-13(12)18/h7-8,11H,5-6,9H2,1-4H3,(H,15,18)(H,16,19). The predicted molar refractivity (Wildman–Crippen MR) is 76.5 cm³/mol.